The fraction of sp³-hybridized carbons (Fsp3) is 0.333. The van der Waals surface area contributed by atoms with Crippen molar-refractivity contribution in [2.75, 3.05) is 12.4 Å². The molecule has 0 fully saturated rings. The summed E-state index contributed by atoms with van der Waals surface area (Å²) in [6, 6.07) is 9.75. The van der Waals surface area contributed by atoms with E-state index in [9.17, 15) is 4.79 Å². The number of hydrogen-bond acceptors (Lipinski definition) is 6. The lowest BCUT2D eigenvalue weighted by Crippen LogP contribution is -2.33. The van der Waals surface area contributed by atoms with Crippen LogP contribution < -0.4 is 10.1 Å². The normalized spacial score (nSPS) is 16.2. The smallest absolute Gasteiger partial charge is 0.253 e. The number of benzene rings is 1. The number of para-hydroxylation sites is 1. The molecule has 4 rings (SSSR count). The van der Waals surface area contributed by atoms with E-state index in [1.54, 1.807) is 4.52 Å². The number of aryl methyl sites for hydroxylation is 2. The molecule has 3 heterocycles. The zero-order valence-corrected chi connectivity index (χ0v) is 15.4. The zero-order chi connectivity index (χ0) is 18.1. The zero-order valence-electron chi connectivity index (χ0n) is 14.6. The SMILES string of the molecule is Cc1cc(C)n2nc(SCC(=O)N[C@@H]3CCOc4ccccc43)nc2n1. The monoisotopic (exact) mass is 369 g/mol. The van der Waals surface area contributed by atoms with Crippen LogP contribution in [-0.4, -0.2) is 37.8 Å². The fourth-order valence-corrected chi connectivity index (χ4v) is 3.70. The highest BCUT2D eigenvalue weighted by atomic mass is 32.2. The molecule has 0 radical (unpaired) electrons. The maximum Gasteiger partial charge on any atom is 0.253 e. The number of nitrogens with zero attached hydrogens (tertiary/aromatic N) is 4. The predicted octanol–water partition coefficient (Wildman–Crippen LogP) is 2.47. The van der Waals surface area contributed by atoms with Gasteiger partial charge in [-0.3, -0.25) is 4.79 Å². The number of amides is 1. The van der Waals surface area contributed by atoms with Crippen LogP contribution in [0.1, 0.15) is 29.4 Å². The molecule has 1 amide bonds. The van der Waals surface area contributed by atoms with Crippen LogP contribution in [-0.2, 0) is 4.79 Å². The Morgan fingerprint density at radius 3 is 3.08 bits per heavy atom. The molecule has 0 spiro atoms. The van der Waals surface area contributed by atoms with E-state index in [0.717, 1.165) is 29.1 Å². The number of rotatable bonds is 4. The van der Waals surface area contributed by atoms with Gasteiger partial charge in [0.05, 0.1) is 18.4 Å². The first-order valence-electron chi connectivity index (χ1n) is 8.45. The first-order valence-corrected chi connectivity index (χ1v) is 9.43. The minimum Gasteiger partial charge on any atom is -0.493 e. The average Bonchev–Trinajstić information content (AvgIpc) is 3.04. The molecule has 0 bridgehead atoms. The third-order valence-corrected chi connectivity index (χ3v) is 5.06. The lowest BCUT2D eigenvalue weighted by molar-refractivity contribution is -0.119. The van der Waals surface area contributed by atoms with Crippen LogP contribution in [0, 0.1) is 13.8 Å². The molecule has 7 nitrogen and oxygen atoms in total. The molecular weight excluding hydrogens is 350 g/mol. The molecule has 3 aromatic rings. The van der Waals surface area contributed by atoms with E-state index in [-0.39, 0.29) is 17.7 Å². The summed E-state index contributed by atoms with van der Waals surface area (Å²) in [7, 11) is 0. The second-order valence-electron chi connectivity index (χ2n) is 6.23. The van der Waals surface area contributed by atoms with Crippen molar-refractivity contribution in [3.05, 3.63) is 47.3 Å². The van der Waals surface area contributed by atoms with Gasteiger partial charge < -0.3 is 10.1 Å². The van der Waals surface area contributed by atoms with Crippen molar-refractivity contribution >= 4 is 23.4 Å². The summed E-state index contributed by atoms with van der Waals surface area (Å²) in [6.07, 6.45) is 0.766. The average molecular weight is 369 g/mol. The second kappa shape index (κ2) is 6.95. The third-order valence-electron chi connectivity index (χ3n) is 4.22. The van der Waals surface area contributed by atoms with Gasteiger partial charge in [0.15, 0.2) is 0 Å². The summed E-state index contributed by atoms with van der Waals surface area (Å²) in [5, 5.41) is 8.05. The molecule has 26 heavy (non-hydrogen) atoms. The standard InChI is InChI=1S/C18H19N5O2S/c1-11-9-12(2)23-17(19-11)21-18(22-23)26-10-16(24)20-14-7-8-25-15-6-4-3-5-13(14)15/h3-6,9,14H,7-8,10H2,1-2H3,(H,20,24)/t14-/m1/s1. The Bertz CT molecular complexity index is 971. The van der Waals surface area contributed by atoms with E-state index < -0.39 is 0 Å². The molecule has 1 aliphatic heterocycles. The molecule has 0 saturated carbocycles. The van der Waals surface area contributed by atoms with Gasteiger partial charge in [-0.15, -0.1) is 5.10 Å². The van der Waals surface area contributed by atoms with Gasteiger partial charge >= 0.3 is 0 Å². The number of thioether (sulfide) groups is 1. The summed E-state index contributed by atoms with van der Waals surface area (Å²) < 4.78 is 7.33. The van der Waals surface area contributed by atoms with E-state index in [1.807, 2.05) is 44.2 Å². The highest BCUT2D eigenvalue weighted by Crippen LogP contribution is 2.31. The van der Waals surface area contributed by atoms with Crippen molar-refractivity contribution in [3.63, 3.8) is 0 Å². The summed E-state index contributed by atoms with van der Waals surface area (Å²) in [5.74, 6) is 1.62. The molecule has 134 valence electrons. The Balaban J connectivity index is 1.41. The molecule has 1 aliphatic rings. The van der Waals surface area contributed by atoms with Gasteiger partial charge in [0, 0.05) is 23.4 Å². The number of carbonyl (C=O) groups is 1. The molecule has 1 atom stereocenters. The minimum atomic E-state index is -0.0450. The van der Waals surface area contributed by atoms with Crippen molar-refractivity contribution in [3.8, 4) is 5.75 Å². The Morgan fingerprint density at radius 1 is 1.35 bits per heavy atom. The second-order valence-corrected chi connectivity index (χ2v) is 7.17. The molecule has 0 aliphatic carbocycles. The summed E-state index contributed by atoms with van der Waals surface area (Å²) in [4.78, 5) is 21.1. The number of aromatic nitrogens is 4. The van der Waals surface area contributed by atoms with Crippen molar-refractivity contribution in [2.45, 2.75) is 31.5 Å². The van der Waals surface area contributed by atoms with Crippen LogP contribution in [0.3, 0.4) is 0 Å². The lowest BCUT2D eigenvalue weighted by Gasteiger charge is -2.26. The van der Waals surface area contributed by atoms with Crippen molar-refractivity contribution in [1.82, 2.24) is 24.9 Å². The molecule has 2 aromatic heterocycles. The Labute approximate surface area is 155 Å². The van der Waals surface area contributed by atoms with E-state index in [2.05, 4.69) is 20.4 Å². The third kappa shape index (κ3) is 3.37. The highest BCUT2D eigenvalue weighted by Gasteiger charge is 2.22. The topological polar surface area (TPSA) is 81.4 Å². The highest BCUT2D eigenvalue weighted by molar-refractivity contribution is 7.99. The molecule has 1 N–H and O–H groups in total. The largest absolute Gasteiger partial charge is 0.493 e. The maximum absolute atomic E-state index is 12.4. The van der Waals surface area contributed by atoms with E-state index in [1.165, 1.54) is 11.8 Å². The van der Waals surface area contributed by atoms with E-state index in [0.29, 0.717) is 17.5 Å². The number of nitrogens with one attached hydrogen (secondary N) is 1. The lowest BCUT2D eigenvalue weighted by atomic mass is 10.0. The number of fused-ring (bicyclic) bond motifs is 2. The first-order chi connectivity index (χ1) is 12.6. The Hall–Kier alpha value is -2.61. The number of ether oxygens (including phenoxy) is 1. The predicted molar refractivity (Wildman–Crippen MR) is 98.4 cm³/mol. The van der Waals surface area contributed by atoms with E-state index in [4.69, 9.17) is 4.74 Å². The number of hydrogen-bond donors (Lipinski definition) is 1. The van der Waals surface area contributed by atoms with Gasteiger partial charge in [0.1, 0.15) is 5.75 Å². The van der Waals surface area contributed by atoms with Crippen LogP contribution in [0.4, 0.5) is 0 Å². The molecule has 0 saturated heterocycles. The molecular formula is C18H19N5O2S. The van der Waals surface area contributed by atoms with Crippen LogP contribution in [0.25, 0.3) is 5.78 Å². The number of carbonyl (C=O) groups excluding carboxylic acids is 1. The van der Waals surface area contributed by atoms with Crippen molar-refractivity contribution < 1.29 is 9.53 Å². The van der Waals surface area contributed by atoms with Gasteiger partial charge in [-0.05, 0) is 26.0 Å². The van der Waals surface area contributed by atoms with Gasteiger partial charge in [-0.2, -0.15) is 4.98 Å². The van der Waals surface area contributed by atoms with Crippen molar-refractivity contribution in [2.24, 2.45) is 0 Å². The summed E-state index contributed by atoms with van der Waals surface area (Å²) >= 11 is 1.31. The minimum absolute atomic E-state index is 0.0198. The van der Waals surface area contributed by atoms with Crippen LogP contribution >= 0.6 is 11.8 Å². The fourth-order valence-electron chi connectivity index (χ4n) is 3.07. The van der Waals surface area contributed by atoms with E-state index >= 15 is 0 Å². The molecule has 1 aromatic carbocycles. The Kier molecular flexibility index (Phi) is 4.50. The summed E-state index contributed by atoms with van der Waals surface area (Å²) in [5.41, 5.74) is 2.89. The Morgan fingerprint density at radius 2 is 2.19 bits per heavy atom. The maximum atomic E-state index is 12.4. The van der Waals surface area contributed by atoms with Gasteiger partial charge in [0.2, 0.25) is 11.1 Å². The van der Waals surface area contributed by atoms with Gasteiger partial charge in [-0.25, -0.2) is 9.50 Å². The van der Waals surface area contributed by atoms with Gasteiger partial charge in [0.25, 0.3) is 5.78 Å². The van der Waals surface area contributed by atoms with Crippen LogP contribution in [0.15, 0.2) is 35.5 Å². The first kappa shape index (κ1) is 16.8. The van der Waals surface area contributed by atoms with Crippen molar-refractivity contribution in [1.29, 1.82) is 0 Å². The van der Waals surface area contributed by atoms with Crippen LogP contribution in [0.5, 0.6) is 5.75 Å². The molecule has 0 unspecified atom stereocenters. The molecule has 8 heteroatoms. The van der Waals surface area contributed by atoms with Crippen LogP contribution in [0.2, 0.25) is 0 Å². The summed E-state index contributed by atoms with van der Waals surface area (Å²) in [6.45, 7) is 4.49. The quantitative estimate of drug-likeness (QED) is 0.712. The van der Waals surface area contributed by atoms with Gasteiger partial charge in [-0.1, -0.05) is 30.0 Å².